The number of carbonyl (C=O) groups is 1. The van der Waals surface area contributed by atoms with E-state index in [0.29, 0.717) is 16.8 Å². The first-order chi connectivity index (χ1) is 12.9. The Labute approximate surface area is 159 Å². The van der Waals surface area contributed by atoms with E-state index in [-0.39, 0.29) is 24.1 Å². The Morgan fingerprint density at radius 1 is 1.15 bits per heavy atom. The summed E-state index contributed by atoms with van der Waals surface area (Å²) in [4.78, 5) is 29.6. The van der Waals surface area contributed by atoms with Crippen molar-refractivity contribution in [3.8, 4) is 0 Å². The zero-order valence-electron chi connectivity index (χ0n) is 16.0. The lowest BCUT2D eigenvalue weighted by atomic mass is 9.97. The molecule has 140 valence electrons. The van der Waals surface area contributed by atoms with Gasteiger partial charge in [0.15, 0.2) is 0 Å². The molecule has 0 aliphatic rings. The number of fused-ring (bicyclic) bond motifs is 1. The molecule has 0 spiro atoms. The zero-order valence-corrected chi connectivity index (χ0v) is 16.0. The number of hydrogen-bond donors (Lipinski definition) is 1. The van der Waals surface area contributed by atoms with Crippen LogP contribution in [0.15, 0.2) is 59.7 Å². The average molecular weight is 363 g/mol. The Morgan fingerprint density at radius 2 is 1.89 bits per heavy atom. The van der Waals surface area contributed by atoms with Gasteiger partial charge in [-0.25, -0.2) is 4.98 Å². The van der Waals surface area contributed by atoms with Gasteiger partial charge in [-0.15, -0.1) is 0 Å². The molecule has 3 rings (SSSR count). The lowest BCUT2D eigenvalue weighted by Crippen LogP contribution is -2.35. The van der Waals surface area contributed by atoms with Crippen molar-refractivity contribution in [2.45, 2.75) is 39.8 Å². The SMILES string of the molecule is Cc1ccc2ncn(CC(=O)NC(CC(C)C)c3ccccc3)c(=O)c2c1. The van der Waals surface area contributed by atoms with Gasteiger partial charge >= 0.3 is 0 Å². The number of nitrogens with zero attached hydrogens (tertiary/aromatic N) is 2. The van der Waals surface area contributed by atoms with E-state index < -0.39 is 0 Å². The third kappa shape index (κ3) is 4.61. The molecule has 0 fully saturated rings. The molecule has 1 atom stereocenters. The van der Waals surface area contributed by atoms with E-state index in [0.717, 1.165) is 17.5 Å². The highest BCUT2D eigenvalue weighted by Crippen LogP contribution is 2.21. The Hall–Kier alpha value is -2.95. The normalized spacial score (nSPS) is 12.3. The van der Waals surface area contributed by atoms with Crippen LogP contribution in [-0.4, -0.2) is 15.5 Å². The van der Waals surface area contributed by atoms with Gasteiger partial charge in [-0.2, -0.15) is 0 Å². The summed E-state index contributed by atoms with van der Waals surface area (Å²) in [7, 11) is 0. The molecular formula is C22H25N3O2. The van der Waals surface area contributed by atoms with E-state index in [2.05, 4.69) is 24.1 Å². The molecule has 5 heteroatoms. The summed E-state index contributed by atoms with van der Waals surface area (Å²) in [5.74, 6) is 0.240. The van der Waals surface area contributed by atoms with Crippen LogP contribution < -0.4 is 10.9 Å². The van der Waals surface area contributed by atoms with Gasteiger partial charge in [0, 0.05) is 0 Å². The topological polar surface area (TPSA) is 64.0 Å². The molecule has 0 aliphatic heterocycles. The van der Waals surface area contributed by atoms with Gasteiger partial charge in [-0.1, -0.05) is 55.8 Å². The lowest BCUT2D eigenvalue weighted by molar-refractivity contribution is -0.122. The van der Waals surface area contributed by atoms with Crippen LogP contribution in [-0.2, 0) is 11.3 Å². The molecule has 1 heterocycles. The molecule has 1 unspecified atom stereocenters. The van der Waals surface area contributed by atoms with Crippen molar-refractivity contribution in [1.82, 2.24) is 14.9 Å². The highest BCUT2D eigenvalue weighted by molar-refractivity contribution is 5.79. The van der Waals surface area contributed by atoms with Crippen LogP contribution in [0.25, 0.3) is 10.9 Å². The predicted molar refractivity (Wildman–Crippen MR) is 108 cm³/mol. The number of rotatable bonds is 6. The summed E-state index contributed by atoms with van der Waals surface area (Å²) in [5.41, 5.74) is 2.51. The molecule has 27 heavy (non-hydrogen) atoms. The second-order valence-electron chi connectivity index (χ2n) is 7.36. The van der Waals surface area contributed by atoms with Crippen LogP contribution in [0.1, 0.15) is 37.4 Å². The molecule has 1 N–H and O–H groups in total. The summed E-state index contributed by atoms with van der Waals surface area (Å²) in [6, 6.07) is 15.4. The van der Waals surface area contributed by atoms with Crippen molar-refractivity contribution in [3.05, 3.63) is 76.3 Å². The average Bonchev–Trinajstić information content (AvgIpc) is 2.64. The van der Waals surface area contributed by atoms with Crippen LogP contribution in [0.4, 0.5) is 0 Å². The largest absolute Gasteiger partial charge is 0.348 e. The first kappa shape index (κ1) is 18.8. The Kier molecular flexibility index (Phi) is 5.69. The molecule has 0 radical (unpaired) electrons. The predicted octanol–water partition coefficient (Wildman–Crippen LogP) is 3.61. The van der Waals surface area contributed by atoms with Gasteiger partial charge in [0.25, 0.3) is 5.56 Å². The monoisotopic (exact) mass is 363 g/mol. The molecule has 3 aromatic rings. The highest BCUT2D eigenvalue weighted by atomic mass is 16.2. The van der Waals surface area contributed by atoms with E-state index in [9.17, 15) is 9.59 Å². The molecule has 0 bridgehead atoms. The first-order valence-electron chi connectivity index (χ1n) is 9.24. The molecule has 1 aromatic heterocycles. The molecule has 0 saturated carbocycles. The van der Waals surface area contributed by atoms with Crippen molar-refractivity contribution in [2.24, 2.45) is 5.92 Å². The summed E-state index contributed by atoms with van der Waals surface area (Å²) >= 11 is 0. The van der Waals surface area contributed by atoms with Crippen LogP contribution in [0.2, 0.25) is 0 Å². The van der Waals surface area contributed by atoms with E-state index in [4.69, 9.17) is 0 Å². The van der Waals surface area contributed by atoms with Gasteiger partial charge in [-0.3, -0.25) is 14.2 Å². The maximum absolute atomic E-state index is 12.7. The van der Waals surface area contributed by atoms with Gasteiger partial charge in [-0.05, 0) is 37.0 Å². The van der Waals surface area contributed by atoms with Crippen molar-refractivity contribution in [3.63, 3.8) is 0 Å². The number of carbonyl (C=O) groups excluding carboxylic acids is 1. The smallest absolute Gasteiger partial charge is 0.261 e. The standard InChI is InChI=1S/C22H25N3O2/c1-15(2)11-20(17-7-5-4-6-8-17)24-21(26)13-25-14-23-19-10-9-16(3)12-18(19)22(25)27/h4-10,12,14-15,20H,11,13H2,1-3H3,(H,24,26). The molecule has 2 aromatic carbocycles. The van der Waals surface area contributed by atoms with Gasteiger partial charge in [0.2, 0.25) is 5.91 Å². The van der Waals surface area contributed by atoms with Crippen LogP contribution >= 0.6 is 0 Å². The quantitative estimate of drug-likeness (QED) is 0.728. The number of benzene rings is 2. The third-order valence-electron chi connectivity index (χ3n) is 4.54. The molecule has 5 nitrogen and oxygen atoms in total. The van der Waals surface area contributed by atoms with Crippen LogP contribution in [0.3, 0.4) is 0 Å². The number of aryl methyl sites for hydroxylation is 1. The maximum Gasteiger partial charge on any atom is 0.261 e. The third-order valence-corrected chi connectivity index (χ3v) is 4.54. The molecule has 0 saturated heterocycles. The maximum atomic E-state index is 12.7. The van der Waals surface area contributed by atoms with Gasteiger partial charge in [0.05, 0.1) is 23.3 Å². The van der Waals surface area contributed by atoms with Gasteiger partial charge in [0.1, 0.15) is 6.54 Å². The van der Waals surface area contributed by atoms with Crippen LogP contribution in [0, 0.1) is 12.8 Å². The Bertz CT molecular complexity index is 993. The van der Waals surface area contributed by atoms with E-state index in [1.54, 1.807) is 0 Å². The van der Waals surface area contributed by atoms with Gasteiger partial charge < -0.3 is 5.32 Å². The van der Waals surface area contributed by atoms with Crippen molar-refractivity contribution >= 4 is 16.8 Å². The van der Waals surface area contributed by atoms with E-state index >= 15 is 0 Å². The number of aromatic nitrogens is 2. The van der Waals surface area contributed by atoms with Crippen molar-refractivity contribution in [1.29, 1.82) is 0 Å². The minimum Gasteiger partial charge on any atom is -0.348 e. The molecule has 1 amide bonds. The fourth-order valence-electron chi connectivity index (χ4n) is 3.22. The Balaban J connectivity index is 1.81. The summed E-state index contributed by atoms with van der Waals surface area (Å²) in [5, 5.41) is 3.61. The summed E-state index contributed by atoms with van der Waals surface area (Å²) in [6.45, 7) is 6.14. The lowest BCUT2D eigenvalue weighted by Gasteiger charge is -2.21. The summed E-state index contributed by atoms with van der Waals surface area (Å²) in [6.07, 6.45) is 2.28. The van der Waals surface area contributed by atoms with Crippen molar-refractivity contribution in [2.75, 3.05) is 0 Å². The fraction of sp³-hybridized carbons (Fsp3) is 0.318. The van der Waals surface area contributed by atoms with Crippen molar-refractivity contribution < 1.29 is 4.79 Å². The second-order valence-corrected chi connectivity index (χ2v) is 7.36. The van der Waals surface area contributed by atoms with E-state index in [1.807, 2.05) is 55.5 Å². The minimum atomic E-state index is -0.195. The first-order valence-corrected chi connectivity index (χ1v) is 9.24. The highest BCUT2D eigenvalue weighted by Gasteiger charge is 2.17. The van der Waals surface area contributed by atoms with Crippen LogP contribution in [0.5, 0.6) is 0 Å². The fourth-order valence-corrected chi connectivity index (χ4v) is 3.22. The number of amides is 1. The Morgan fingerprint density at radius 3 is 2.59 bits per heavy atom. The number of hydrogen-bond acceptors (Lipinski definition) is 3. The van der Waals surface area contributed by atoms with E-state index in [1.165, 1.54) is 10.9 Å². The second kappa shape index (κ2) is 8.16. The summed E-state index contributed by atoms with van der Waals surface area (Å²) < 4.78 is 1.37. The minimum absolute atomic E-state index is 0.0445. The zero-order chi connectivity index (χ0) is 19.4. The number of nitrogens with one attached hydrogen (secondary N) is 1. The molecular weight excluding hydrogens is 338 g/mol. The molecule has 0 aliphatic carbocycles.